The van der Waals surface area contributed by atoms with Crippen molar-refractivity contribution in [1.29, 1.82) is 0 Å². The first-order chi connectivity index (χ1) is 10.3. The number of nitrogens with zero attached hydrogens (tertiary/aromatic N) is 1. The Kier molecular flexibility index (Phi) is 5.20. The molecule has 1 spiro atoms. The van der Waals surface area contributed by atoms with E-state index in [1.807, 2.05) is 0 Å². The van der Waals surface area contributed by atoms with Crippen LogP contribution < -0.4 is 5.32 Å². The van der Waals surface area contributed by atoms with Crippen molar-refractivity contribution in [3.05, 3.63) is 0 Å². The molecule has 0 aromatic carbocycles. The summed E-state index contributed by atoms with van der Waals surface area (Å²) in [4.78, 5) is 2.69. The van der Waals surface area contributed by atoms with Crippen molar-refractivity contribution in [3.63, 3.8) is 0 Å². The number of likely N-dealkylation sites (N-methyl/N-ethyl adjacent to an activating group) is 1. The molecule has 122 valence electrons. The first kappa shape index (κ1) is 15.7. The summed E-state index contributed by atoms with van der Waals surface area (Å²) in [5, 5.41) is 3.78. The van der Waals surface area contributed by atoms with Gasteiger partial charge >= 0.3 is 0 Å². The summed E-state index contributed by atoms with van der Waals surface area (Å²) in [6.07, 6.45) is 7.31. The fourth-order valence-corrected chi connectivity index (χ4v) is 3.97. The fourth-order valence-electron chi connectivity index (χ4n) is 3.97. The Hall–Kier alpha value is -0.160. The third kappa shape index (κ3) is 3.79. The van der Waals surface area contributed by atoms with Gasteiger partial charge in [-0.1, -0.05) is 13.8 Å². The number of hydrogen-bond acceptors (Lipinski definition) is 4. The van der Waals surface area contributed by atoms with Gasteiger partial charge in [0.1, 0.15) is 0 Å². The first-order valence-electron chi connectivity index (χ1n) is 9.01. The molecule has 0 aromatic heterocycles. The summed E-state index contributed by atoms with van der Waals surface area (Å²) < 4.78 is 12.0. The molecule has 3 aliphatic rings. The van der Waals surface area contributed by atoms with Crippen LogP contribution in [0.1, 0.15) is 52.4 Å². The molecule has 4 heteroatoms. The van der Waals surface area contributed by atoms with Crippen molar-refractivity contribution in [2.24, 2.45) is 5.92 Å². The molecular weight excluding hydrogens is 264 g/mol. The number of rotatable bonds is 7. The van der Waals surface area contributed by atoms with Gasteiger partial charge in [0.25, 0.3) is 0 Å². The van der Waals surface area contributed by atoms with Crippen LogP contribution in [0.2, 0.25) is 0 Å². The zero-order chi connectivity index (χ0) is 14.7. The van der Waals surface area contributed by atoms with Gasteiger partial charge in [-0.05, 0) is 44.7 Å². The van der Waals surface area contributed by atoms with E-state index < -0.39 is 0 Å². The number of nitrogens with one attached hydrogen (secondary N) is 1. The van der Waals surface area contributed by atoms with Gasteiger partial charge in [0.15, 0.2) is 5.79 Å². The van der Waals surface area contributed by atoms with Crippen molar-refractivity contribution in [2.75, 3.05) is 32.8 Å². The molecule has 1 heterocycles. The molecule has 0 bridgehead atoms. The van der Waals surface area contributed by atoms with E-state index in [0.29, 0.717) is 12.1 Å². The van der Waals surface area contributed by atoms with E-state index in [0.717, 1.165) is 45.1 Å². The quantitative estimate of drug-likeness (QED) is 0.782. The second-order valence-electron chi connectivity index (χ2n) is 7.01. The second-order valence-corrected chi connectivity index (χ2v) is 7.01. The highest BCUT2D eigenvalue weighted by atomic mass is 16.7. The molecule has 4 nitrogen and oxygen atoms in total. The Morgan fingerprint density at radius 3 is 2.52 bits per heavy atom. The maximum absolute atomic E-state index is 6.00. The Morgan fingerprint density at radius 1 is 1.14 bits per heavy atom. The molecule has 2 unspecified atom stereocenters. The highest BCUT2D eigenvalue weighted by Crippen LogP contribution is 2.39. The Labute approximate surface area is 129 Å². The highest BCUT2D eigenvalue weighted by molar-refractivity contribution is 4.97. The molecule has 2 aliphatic carbocycles. The maximum atomic E-state index is 6.00. The van der Waals surface area contributed by atoms with Crippen LogP contribution in [0.15, 0.2) is 0 Å². The average Bonchev–Trinajstić information content (AvgIpc) is 3.22. The van der Waals surface area contributed by atoms with E-state index in [-0.39, 0.29) is 5.79 Å². The summed E-state index contributed by atoms with van der Waals surface area (Å²) in [6.45, 7) is 9.62. The van der Waals surface area contributed by atoms with Crippen molar-refractivity contribution < 1.29 is 9.47 Å². The van der Waals surface area contributed by atoms with Crippen molar-refractivity contribution in [1.82, 2.24) is 10.2 Å². The van der Waals surface area contributed by atoms with E-state index >= 15 is 0 Å². The van der Waals surface area contributed by atoms with Gasteiger partial charge in [-0.25, -0.2) is 0 Å². The average molecular weight is 296 g/mol. The third-order valence-electron chi connectivity index (χ3n) is 5.36. The lowest BCUT2D eigenvalue weighted by Crippen LogP contribution is -2.58. The highest BCUT2D eigenvalue weighted by Gasteiger charge is 2.47. The van der Waals surface area contributed by atoms with Crippen LogP contribution in [0.3, 0.4) is 0 Å². The van der Waals surface area contributed by atoms with Gasteiger partial charge in [-0.2, -0.15) is 0 Å². The van der Waals surface area contributed by atoms with Gasteiger partial charge in [-0.3, -0.25) is 4.90 Å². The van der Waals surface area contributed by atoms with Crippen LogP contribution in [0.5, 0.6) is 0 Å². The minimum absolute atomic E-state index is 0.272. The largest absolute Gasteiger partial charge is 0.347 e. The molecule has 3 fully saturated rings. The Balaban J connectivity index is 1.67. The molecule has 2 atom stereocenters. The second kappa shape index (κ2) is 6.95. The van der Waals surface area contributed by atoms with Crippen LogP contribution in [-0.2, 0) is 9.47 Å². The number of ether oxygens (including phenoxy) is 2. The van der Waals surface area contributed by atoms with Gasteiger partial charge in [-0.15, -0.1) is 0 Å². The third-order valence-corrected chi connectivity index (χ3v) is 5.36. The molecular formula is C17H32N2O2. The molecule has 21 heavy (non-hydrogen) atoms. The zero-order valence-corrected chi connectivity index (χ0v) is 13.8. The smallest absolute Gasteiger partial charge is 0.170 e. The number of hydrogen-bond donors (Lipinski definition) is 1. The van der Waals surface area contributed by atoms with E-state index in [4.69, 9.17) is 9.47 Å². The van der Waals surface area contributed by atoms with E-state index in [2.05, 4.69) is 24.1 Å². The minimum atomic E-state index is -0.272. The Morgan fingerprint density at radius 2 is 1.90 bits per heavy atom. The molecule has 1 aliphatic heterocycles. The molecule has 0 radical (unpaired) electrons. The lowest BCUT2D eigenvalue weighted by Gasteiger charge is -2.46. The van der Waals surface area contributed by atoms with Crippen LogP contribution in [-0.4, -0.2) is 55.6 Å². The molecule has 3 rings (SSSR count). The molecule has 2 saturated carbocycles. The molecule has 0 amide bonds. The summed E-state index contributed by atoms with van der Waals surface area (Å²) >= 11 is 0. The van der Waals surface area contributed by atoms with E-state index in [1.54, 1.807) is 0 Å². The lowest BCUT2D eigenvalue weighted by atomic mass is 9.84. The van der Waals surface area contributed by atoms with Crippen LogP contribution in [0.25, 0.3) is 0 Å². The summed E-state index contributed by atoms with van der Waals surface area (Å²) in [6, 6.07) is 1.16. The van der Waals surface area contributed by atoms with Gasteiger partial charge in [0.2, 0.25) is 0 Å². The molecule has 0 aromatic rings. The minimum Gasteiger partial charge on any atom is -0.347 e. The van der Waals surface area contributed by atoms with Gasteiger partial charge < -0.3 is 14.8 Å². The zero-order valence-electron chi connectivity index (χ0n) is 13.8. The summed E-state index contributed by atoms with van der Waals surface area (Å²) in [5.41, 5.74) is 0. The topological polar surface area (TPSA) is 33.7 Å². The normalized spacial score (nSPS) is 32.1. The standard InChI is InChI=1S/C17H32N2O2/c1-3-9-18-15-7-8-17(20-10-11-21-17)12-16(15)19(4-2)13-14-5-6-14/h14-16,18H,3-13H2,1-2H3. The van der Waals surface area contributed by atoms with Crippen molar-refractivity contribution in [3.8, 4) is 0 Å². The SMILES string of the molecule is CCCNC1CCC2(CC1N(CC)CC1CC1)OCCO2. The Bertz CT molecular complexity index is 327. The van der Waals surface area contributed by atoms with Crippen LogP contribution in [0, 0.1) is 5.92 Å². The van der Waals surface area contributed by atoms with Crippen LogP contribution in [0.4, 0.5) is 0 Å². The van der Waals surface area contributed by atoms with E-state index in [1.165, 1.54) is 32.2 Å². The van der Waals surface area contributed by atoms with Gasteiger partial charge in [0, 0.05) is 31.5 Å². The van der Waals surface area contributed by atoms with Crippen molar-refractivity contribution in [2.45, 2.75) is 70.2 Å². The first-order valence-corrected chi connectivity index (χ1v) is 9.01. The predicted molar refractivity (Wildman–Crippen MR) is 84.3 cm³/mol. The van der Waals surface area contributed by atoms with Crippen molar-refractivity contribution >= 4 is 0 Å². The molecule has 1 saturated heterocycles. The van der Waals surface area contributed by atoms with Crippen LogP contribution >= 0.6 is 0 Å². The fraction of sp³-hybridized carbons (Fsp3) is 1.00. The molecule has 1 N–H and O–H groups in total. The maximum Gasteiger partial charge on any atom is 0.170 e. The van der Waals surface area contributed by atoms with E-state index in [9.17, 15) is 0 Å². The predicted octanol–water partition coefficient (Wildman–Crippen LogP) is 2.38. The lowest BCUT2D eigenvalue weighted by molar-refractivity contribution is -0.193. The van der Waals surface area contributed by atoms with Gasteiger partial charge in [0.05, 0.1) is 13.2 Å². The summed E-state index contributed by atoms with van der Waals surface area (Å²) in [7, 11) is 0. The monoisotopic (exact) mass is 296 g/mol. The summed E-state index contributed by atoms with van der Waals surface area (Å²) in [5.74, 6) is 0.673.